The van der Waals surface area contributed by atoms with Crippen molar-refractivity contribution < 1.29 is 13.2 Å². The van der Waals surface area contributed by atoms with Gasteiger partial charge in [-0.2, -0.15) is 10.2 Å². The van der Waals surface area contributed by atoms with Crippen molar-refractivity contribution >= 4 is 26.4 Å². The number of carbonyl (C=O) groups is 1. The van der Waals surface area contributed by atoms with Gasteiger partial charge in [-0.3, -0.25) is 9.78 Å². The van der Waals surface area contributed by atoms with Gasteiger partial charge in [-0.25, -0.2) is 8.42 Å². The molecule has 0 saturated heterocycles. The molecular weight excluding hydrogens is 434 g/mol. The van der Waals surface area contributed by atoms with Crippen molar-refractivity contribution in [2.24, 2.45) is 5.92 Å². The van der Waals surface area contributed by atoms with E-state index < -0.39 is 9.84 Å². The topological polar surface area (TPSA) is 89.9 Å². The summed E-state index contributed by atoms with van der Waals surface area (Å²) >= 11 is 0. The summed E-state index contributed by atoms with van der Waals surface area (Å²) in [6.07, 6.45) is 6.39. The number of ketones is 1. The molecule has 1 unspecified atom stereocenters. The van der Waals surface area contributed by atoms with E-state index in [1.54, 1.807) is 24.3 Å². The van der Waals surface area contributed by atoms with Gasteiger partial charge in [-0.1, -0.05) is 30.3 Å². The van der Waals surface area contributed by atoms with Crippen LogP contribution in [0.15, 0.2) is 78.1 Å². The molecule has 33 heavy (non-hydrogen) atoms. The van der Waals surface area contributed by atoms with E-state index in [9.17, 15) is 13.2 Å². The molecule has 1 saturated carbocycles. The molecule has 2 aromatic carbocycles. The number of benzene rings is 2. The lowest BCUT2D eigenvalue weighted by Crippen LogP contribution is -2.08. The Hall–Kier alpha value is -3.45. The Morgan fingerprint density at radius 2 is 1.88 bits per heavy atom. The Morgan fingerprint density at radius 3 is 2.64 bits per heavy atom. The number of fused-ring (bicyclic) bond motifs is 1. The van der Waals surface area contributed by atoms with Crippen LogP contribution >= 0.6 is 0 Å². The summed E-state index contributed by atoms with van der Waals surface area (Å²) in [5.74, 6) is 0.179. The number of pyridine rings is 1. The predicted molar refractivity (Wildman–Crippen MR) is 125 cm³/mol. The summed E-state index contributed by atoms with van der Waals surface area (Å²) in [7, 11) is -3.50. The van der Waals surface area contributed by atoms with E-state index in [-0.39, 0.29) is 28.3 Å². The minimum absolute atomic E-state index is 0.0127. The highest BCUT2D eigenvalue weighted by molar-refractivity contribution is 7.90. The van der Waals surface area contributed by atoms with Crippen molar-refractivity contribution in [2.45, 2.75) is 36.3 Å². The summed E-state index contributed by atoms with van der Waals surface area (Å²) in [5.41, 5.74) is 3.53. The maximum Gasteiger partial charge on any atom is 0.184 e. The molecule has 0 bridgehead atoms. The second kappa shape index (κ2) is 8.48. The molecule has 1 aliphatic rings. The largest absolute Gasteiger partial charge is 0.299 e. The van der Waals surface area contributed by atoms with Gasteiger partial charge in [0.1, 0.15) is 5.78 Å². The SMILES string of the molecule is Cc1cncc2ccc(CC(=O)[C@@H]3CC3c3ccc(S(=O)(=O)Cc4cccnn4)cc3)cc12. The van der Waals surface area contributed by atoms with Gasteiger partial charge in [0, 0.05) is 36.3 Å². The maximum absolute atomic E-state index is 12.9. The highest BCUT2D eigenvalue weighted by Crippen LogP contribution is 2.48. The number of rotatable bonds is 7. The summed E-state index contributed by atoms with van der Waals surface area (Å²) in [6.45, 7) is 2.02. The fourth-order valence-corrected chi connectivity index (χ4v) is 5.59. The molecule has 4 aromatic rings. The molecule has 2 aromatic heterocycles. The van der Waals surface area contributed by atoms with Crippen LogP contribution in [0.25, 0.3) is 10.8 Å². The summed E-state index contributed by atoms with van der Waals surface area (Å²) < 4.78 is 25.3. The zero-order chi connectivity index (χ0) is 23.0. The molecule has 2 atom stereocenters. The van der Waals surface area contributed by atoms with E-state index >= 15 is 0 Å². The van der Waals surface area contributed by atoms with E-state index in [4.69, 9.17) is 0 Å². The molecule has 0 N–H and O–H groups in total. The third-order valence-electron chi connectivity index (χ3n) is 6.24. The average molecular weight is 458 g/mol. The Morgan fingerprint density at radius 1 is 1.06 bits per heavy atom. The summed E-state index contributed by atoms with van der Waals surface area (Å²) in [5, 5.41) is 9.79. The zero-order valence-corrected chi connectivity index (χ0v) is 19.0. The molecule has 5 rings (SSSR count). The van der Waals surface area contributed by atoms with Gasteiger partial charge >= 0.3 is 0 Å². The number of nitrogens with zero attached hydrogens (tertiary/aromatic N) is 3. The second-order valence-electron chi connectivity index (χ2n) is 8.65. The highest BCUT2D eigenvalue weighted by Gasteiger charge is 2.43. The zero-order valence-electron chi connectivity index (χ0n) is 18.2. The van der Waals surface area contributed by atoms with Crippen LogP contribution in [0.3, 0.4) is 0 Å². The minimum atomic E-state index is -3.50. The van der Waals surface area contributed by atoms with Gasteiger partial charge in [0.05, 0.1) is 16.3 Å². The first kappa shape index (κ1) is 21.4. The number of hydrogen-bond acceptors (Lipinski definition) is 6. The van der Waals surface area contributed by atoms with Crippen LogP contribution < -0.4 is 0 Å². The van der Waals surface area contributed by atoms with Crippen LogP contribution in [0.5, 0.6) is 0 Å². The Labute approximate surface area is 192 Å². The molecule has 0 radical (unpaired) electrons. The van der Waals surface area contributed by atoms with Gasteiger partial charge in [0.15, 0.2) is 9.84 Å². The highest BCUT2D eigenvalue weighted by atomic mass is 32.2. The van der Waals surface area contributed by atoms with Gasteiger partial charge in [0.25, 0.3) is 0 Å². The van der Waals surface area contributed by atoms with Crippen molar-refractivity contribution in [1.29, 1.82) is 0 Å². The fraction of sp³-hybridized carbons (Fsp3) is 0.231. The van der Waals surface area contributed by atoms with Gasteiger partial charge in [-0.05, 0) is 65.6 Å². The Bertz CT molecular complexity index is 1440. The number of sulfone groups is 1. The molecule has 166 valence electrons. The average Bonchev–Trinajstić information content (AvgIpc) is 3.61. The van der Waals surface area contributed by atoms with Crippen LogP contribution in [0.4, 0.5) is 0 Å². The first-order chi connectivity index (χ1) is 15.9. The van der Waals surface area contributed by atoms with Crippen molar-refractivity contribution in [1.82, 2.24) is 15.2 Å². The minimum Gasteiger partial charge on any atom is -0.299 e. The van der Waals surface area contributed by atoms with Crippen molar-refractivity contribution in [3.05, 3.63) is 95.6 Å². The summed E-state index contributed by atoms with van der Waals surface area (Å²) in [4.78, 5) is 17.4. The maximum atomic E-state index is 12.9. The quantitative estimate of drug-likeness (QED) is 0.413. The first-order valence-corrected chi connectivity index (χ1v) is 12.5. The van der Waals surface area contributed by atoms with Crippen LogP contribution in [0.2, 0.25) is 0 Å². The normalized spacial score (nSPS) is 17.7. The molecule has 0 amide bonds. The standard InChI is InChI=1S/C26H23N3O3S/c1-17-14-27-15-20-5-4-18(11-23(17)20)12-26(30)25-13-24(25)19-6-8-22(9-7-19)33(31,32)16-21-3-2-10-28-29-21/h2-11,14-15,24-25H,12-13,16H2,1H3/t24?,25-/m1/s1. The van der Waals surface area contributed by atoms with Crippen molar-refractivity contribution in [2.75, 3.05) is 0 Å². The number of aryl methyl sites for hydroxylation is 1. The van der Waals surface area contributed by atoms with Crippen LogP contribution in [0.1, 0.15) is 34.7 Å². The van der Waals surface area contributed by atoms with E-state index in [2.05, 4.69) is 21.2 Å². The number of carbonyl (C=O) groups excluding carboxylic acids is 1. The molecule has 1 aliphatic carbocycles. The lowest BCUT2D eigenvalue weighted by Gasteiger charge is -2.07. The van der Waals surface area contributed by atoms with E-state index in [1.165, 1.54) is 6.20 Å². The van der Waals surface area contributed by atoms with Gasteiger partial charge < -0.3 is 0 Å². The third-order valence-corrected chi connectivity index (χ3v) is 7.91. The lowest BCUT2D eigenvalue weighted by molar-refractivity contribution is -0.119. The fourth-order valence-electron chi connectivity index (χ4n) is 4.33. The monoisotopic (exact) mass is 457 g/mol. The molecule has 6 nitrogen and oxygen atoms in total. The third kappa shape index (κ3) is 4.54. The molecule has 0 aliphatic heterocycles. The number of aromatic nitrogens is 3. The molecular formula is C26H23N3O3S. The van der Waals surface area contributed by atoms with Gasteiger partial charge in [0.2, 0.25) is 0 Å². The van der Waals surface area contributed by atoms with E-state index in [0.717, 1.165) is 33.9 Å². The summed E-state index contributed by atoms with van der Waals surface area (Å²) in [6, 6.07) is 16.3. The van der Waals surface area contributed by atoms with Gasteiger partial charge in [-0.15, -0.1) is 0 Å². The Kier molecular flexibility index (Phi) is 5.50. The lowest BCUT2D eigenvalue weighted by atomic mass is 9.99. The molecule has 1 fully saturated rings. The van der Waals surface area contributed by atoms with E-state index in [1.807, 2.05) is 43.6 Å². The predicted octanol–water partition coefficient (Wildman–Crippen LogP) is 4.22. The van der Waals surface area contributed by atoms with Crippen molar-refractivity contribution in [3.8, 4) is 0 Å². The number of Topliss-reactive ketones (excluding diaryl/α,β-unsaturated/α-hetero) is 1. The number of hydrogen-bond donors (Lipinski definition) is 0. The molecule has 2 heterocycles. The molecule has 0 spiro atoms. The van der Waals surface area contributed by atoms with Crippen LogP contribution in [0, 0.1) is 12.8 Å². The van der Waals surface area contributed by atoms with Crippen molar-refractivity contribution in [3.63, 3.8) is 0 Å². The second-order valence-corrected chi connectivity index (χ2v) is 10.6. The Balaban J connectivity index is 1.25. The smallest absolute Gasteiger partial charge is 0.184 e. The first-order valence-electron chi connectivity index (χ1n) is 10.9. The van der Waals surface area contributed by atoms with Crippen LogP contribution in [-0.4, -0.2) is 29.4 Å². The molecule has 7 heteroatoms. The van der Waals surface area contributed by atoms with Crippen LogP contribution in [-0.2, 0) is 26.8 Å². The van der Waals surface area contributed by atoms with E-state index in [0.29, 0.717) is 12.1 Å².